The van der Waals surface area contributed by atoms with Crippen LogP contribution < -0.4 is 9.47 Å². The van der Waals surface area contributed by atoms with Crippen molar-refractivity contribution in [2.45, 2.75) is 54.9 Å². The highest BCUT2D eigenvalue weighted by Gasteiger charge is 2.33. The predicted molar refractivity (Wildman–Crippen MR) is 104 cm³/mol. The summed E-state index contributed by atoms with van der Waals surface area (Å²) in [6, 6.07) is 4.73. The number of carbonyl (C=O) groups is 1. The van der Waals surface area contributed by atoms with E-state index in [0.29, 0.717) is 5.25 Å². The molecule has 1 aliphatic heterocycles. The Balaban J connectivity index is 1.52. The Hall–Kier alpha value is -2.35. The number of rotatable bonds is 7. The van der Waals surface area contributed by atoms with Crippen LogP contribution in [0.5, 0.6) is 11.5 Å². The quantitative estimate of drug-likeness (QED) is 0.684. The van der Waals surface area contributed by atoms with Gasteiger partial charge in [-0.15, -0.1) is 11.8 Å². The van der Waals surface area contributed by atoms with Gasteiger partial charge in [-0.05, 0) is 25.0 Å². The highest BCUT2D eigenvalue weighted by atomic mass is 32.2. The van der Waals surface area contributed by atoms with E-state index in [1.807, 2.05) is 6.07 Å². The molecule has 0 saturated heterocycles. The molecule has 1 atom stereocenters. The maximum Gasteiger partial charge on any atom is 0.304 e. The number of nitrogens with zero attached hydrogens (tertiary/aromatic N) is 1. The Labute approximate surface area is 171 Å². The number of halogens is 2. The van der Waals surface area contributed by atoms with Gasteiger partial charge < -0.3 is 14.6 Å². The summed E-state index contributed by atoms with van der Waals surface area (Å²) in [7, 11) is 0. The van der Waals surface area contributed by atoms with Crippen molar-refractivity contribution in [3.63, 3.8) is 0 Å². The molecular formula is C21H21F2NO4S. The van der Waals surface area contributed by atoms with Crippen LogP contribution in [-0.2, 0) is 11.4 Å². The minimum atomic E-state index is -1.04. The van der Waals surface area contributed by atoms with Gasteiger partial charge in [-0.1, -0.05) is 18.9 Å². The van der Waals surface area contributed by atoms with E-state index in [-0.39, 0.29) is 30.9 Å². The monoisotopic (exact) mass is 421 g/mol. The number of pyridine rings is 1. The summed E-state index contributed by atoms with van der Waals surface area (Å²) < 4.78 is 40.2. The lowest BCUT2D eigenvalue weighted by atomic mass is 9.97. The summed E-state index contributed by atoms with van der Waals surface area (Å²) in [4.78, 5) is 15.4. The molecule has 0 bridgehead atoms. The molecular weight excluding hydrogens is 400 g/mol. The summed E-state index contributed by atoms with van der Waals surface area (Å²) in [5.41, 5.74) is 1.00. The lowest BCUT2D eigenvalue weighted by Crippen LogP contribution is -2.07. The molecule has 2 heterocycles. The fraction of sp³-hybridized carbons (Fsp3) is 0.429. The maximum atomic E-state index is 14.8. The molecule has 0 amide bonds. The van der Waals surface area contributed by atoms with Gasteiger partial charge in [0.15, 0.2) is 17.3 Å². The van der Waals surface area contributed by atoms with Crippen LogP contribution >= 0.6 is 11.8 Å². The van der Waals surface area contributed by atoms with Crippen molar-refractivity contribution in [2.24, 2.45) is 0 Å². The Bertz CT molecular complexity index is 918. The number of hydrogen-bond donors (Lipinski definition) is 1. The molecule has 1 N–H and O–H groups in total. The van der Waals surface area contributed by atoms with Crippen LogP contribution in [-0.4, -0.2) is 27.9 Å². The normalized spacial score (nSPS) is 18.5. The van der Waals surface area contributed by atoms with E-state index >= 15 is 0 Å². The van der Waals surface area contributed by atoms with Gasteiger partial charge in [0.25, 0.3) is 0 Å². The van der Waals surface area contributed by atoms with Crippen molar-refractivity contribution >= 4 is 17.7 Å². The molecule has 0 radical (unpaired) electrons. The van der Waals surface area contributed by atoms with Crippen LogP contribution in [0.1, 0.15) is 49.1 Å². The molecule has 5 nitrogen and oxygen atoms in total. The summed E-state index contributed by atoms with van der Waals surface area (Å²) in [5, 5.41) is 10.3. The third-order valence-corrected chi connectivity index (χ3v) is 6.65. The predicted octanol–water partition coefficient (Wildman–Crippen LogP) is 4.92. The Morgan fingerprint density at radius 3 is 2.90 bits per heavy atom. The number of hydrogen-bond acceptors (Lipinski definition) is 5. The molecule has 2 aliphatic rings. The van der Waals surface area contributed by atoms with Crippen molar-refractivity contribution in [2.75, 3.05) is 6.61 Å². The Morgan fingerprint density at radius 2 is 2.14 bits per heavy atom. The first-order valence-corrected chi connectivity index (χ1v) is 10.5. The van der Waals surface area contributed by atoms with Crippen LogP contribution in [0, 0.1) is 11.6 Å². The van der Waals surface area contributed by atoms with Crippen molar-refractivity contribution < 1.29 is 28.2 Å². The minimum absolute atomic E-state index is 0.00618. The van der Waals surface area contributed by atoms with Gasteiger partial charge in [0, 0.05) is 28.5 Å². The Kier molecular flexibility index (Phi) is 5.89. The number of ether oxygens (including phenoxy) is 2. The molecule has 4 rings (SSSR count). The van der Waals surface area contributed by atoms with E-state index in [4.69, 9.17) is 14.6 Å². The van der Waals surface area contributed by atoms with Crippen LogP contribution in [0.3, 0.4) is 0 Å². The number of fused-ring (bicyclic) bond motifs is 1. The molecule has 2 aromatic rings. The van der Waals surface area contributed by atoms with Crippen molar-refractivity contribution in [1.82, 2.24) is 4.98 Å². The molecule has 29 heavy (non-hydrogen) atoms. The van der Waals surface area contributed by atoms with E-state index < -0.39 is 29.3 Å². The molecule has 1 aromatic heterocycles. The average Bonchev–Trinajstić information content (AvgIpc) is 3.33. The zero-order valence-corrected chi connectivity index (χ0v) is 16.5. The average molecular weight is 421 g/mol. The lowest BCUT2D eigenvalue weighted by Gasteiger charge is -2.14. The number of carboxylic acids is 1. The fourth-order valence-electron chi connectivity index (χ4n) is 3.79. The lowest BCUT2D eigenvalue weighted by molar-refractivity contribution is -0.137. The van der Waals surface area contributed by atoms with Gasteiger partial charge in [-0.2, -0.15) is 4.39 Å². The smallest absolute Gasteiger partial charge is 0.304 e. The van der Waals surface area contributed by atoms with Gasteiger partial charge in [0.05, 0.1) is 13.0 Å². The minimum Gasteiger partial charge on any atom is -0.489 e. The molecule has 8 heteroatoms. The topological polar surface area (TPSA) is 68.7 Å². The number of aromatic nitrogens is 1. The maximum absolute atomic E-state index is 14.8. The molecule has 1 saturated carbocycles. The second kappa shape index (κ2) is 8.57. The van der Waals surface area contributed by atoms with Crippen LogP contribution in [0.25, 0.3) is 0 Å². The van der Waals surface area contributed by atoms with Crippen molar-refractivity contribution in [3.05, 3.63) is 47.2 Å². The summed E-state index contributed by atoms with van der Waals surface area (Å²) in [6.45, 7) is -0.0136. The summed E-state index contributed by atoms with van der Waals surface area (Å²) in [5.74, 6) is -4.05. The van der Waals surface area contributed by atoms with Crippen molar-refractivity contribution in [1.29, 1.82) is 0 Å². The first kappa shape index (κ1) is 19.9. The zero-order valence-electron chi connectivity index (χ0n) is 15.7. The third kappa shape index (κ3) is 4.32. The Morgan fingerprint density at radius 1 is 1.34 bits per heavy atom. The molecule has 1 aromatic carbocycles. The van der Waals surface area contributed by atoms with Gasteiger partial charge in [0.2, 0.25) is 5.82 Å². The van der Waals surface area contributed by atoms with E-state index in [9.17, 15) is 13.6 Å². The summed E-state index contributed by atoms with van der Waals surface area (Å²) in [6.07, 6.45) is 6.17. The first-order valence-electron chi connectivity index (χ1n) is 9.62. The van der Waals surface area contributed by atoms with E-state index in [1.54, 1.807) is 24.0 Å². The molecule has 1 fully saturated rings. The van der Waals surface area contributed by atoms with E-state index in [2.05, 4.69) is 4.98 Å². The van der Waals surface area contributed by atoms with E-state index in [1.165, 1.54) is 12.8 Å². The van der Waals surface area contributed by atoms with Gasteiger partial charge >= 0.3 is 5.97 Å². The van der Waals surface area contributed by atoms with Crippen LogP contribution in [0.4, 0.5) is 8.78 Å². The molecule has 1 aliphatic carbocycles. The molecule has 154 valence electrons. The molecule has 1 unspecified atom stereocenters. The van der Waals surface area contributed by atoms with Crippen molar-refractivity contribution in [3.8, 4) is 11.5 Å². The number of aliphatic carboxylic acids is 1. The highest BCUT2D eigenvalue weighted by molar-refractivity contribution is 7.99. The first-order chi connectivity index (χ1) is 14.0. The highest BCUT2D eigenvalue weighted by Crippen LogP contribution is 2.43. The number of carboxylic acid groups (broad SMARTS) is 1. The van der Waals surface area contributed by atoms with Crippen LogP contribution in [0.15, 0.2) is 29.4 Å². The molecule has 0 spiro atoms. The second-order valence-electron chi connectivity index (χ2n) is 7.31. The zero-order chi connectivity index (χ0) is 20.4. The standard InChI is InChI=1S/C21H21F2NO4S/c22-16-9-15-13(8-17(25)26)11-27-19(15)18(23)20(16)28-10-12-4-3-7-24-21(12)29-14-5-1-2-6-14/h3-4,7,9,13-14H,1-2,5-6,8,10-11H2,(H,25,26). The second-order valence-corrected chi connectivity index (χ2v) is 8.60. The van der Waals surface area contributed by atoms with Gasteiger partial charge in [0.1, 0.15) is 11.6 Å². The fourth-order valence-corrected chi connectivity index (χ4v) is 5.08. The van der Waals surface area contributed by atoms with Gasteiger partial charge in [-0.3, -0.25) is 4.79 Å². The SMILES string of the molecule is O=C(O)CC1COc2c1cc(F)c(OCc1cccnc1SC1CCCC1)c2F. The summed E-state index contributed by atoms with van der Waals surface area (Å²) >= 11 is 1.69. The largest absolute Gasteiger partial charge is 0.489 e. The van der Waals surface area contributed by atoms with Gasteiger partial charge in [-0.25, -0.2) is 9.37 Å². The van der Waals surface area contributed by atoms with E-state index in [0.717, 1.165) is 29.5 Å². The van der Waals surface area contributed by atoms with Crippen LogP contribution in [0.2, 0.25) is 0 Å². The number of benzene rings is 1. The third-order valence-electron chi connectivity index (χ3n) is 5.25. The number of thioether (sulfide) groups is 1.